The Bertz CT molecular complexity index is 802. The summed E-state index contributed by atoms with van der Waals surface area (Å²) in [6, 6.07) is 15.5. The van der Waals surface area contributed by atoms with Gasteiger partial charge in [0.15, 0.2) is 0 Å². The molecule has 0 saturated carbocycles. The molecule has 0 aliphatic carbocycles. The van der Waals surface area contributed by atoms with Crippen molar-refractivity contribution in [1.29, 1.82) is 0 Å². The molecule has 0 bridgehead atoms. The highest BCUT2D eigenvalue weighted by Crippen LogP contribution is 2.21. The lowest BCUT2D eigenvalue weighted by molar-refractivity contribution is -0.129. The van der Waals surface area contributed by atoms with Gasteiger partial charge in [0.05, 0.1) is 25.7 Å². The Morgan fingerprint density at radius 2 is 1.89 bits per heavy atom. The van der Waals surface area contributed by atoms with Crippen LogP contribution in [0.4, 0.5) is 5.69 Å². The van der Waals surface area contributed by atoms with Crippen LogP contribution in [0.1, 0.15) is 17.5 Å². The number of hydrogen-bond donors (Lipinski definition) is 1. The molecule has 1 N–H and O–H groups in total. The molecule has 1 atom stereocenters. The van der Waals surface area contributed by atoms with Crippen LogP contribution >= 0.6 is 0 Å². The minimum atomic E-state index is -0.238. The van der Waals surface area contributed by atoms with Crippen LogP contribution in [0.2, 0.25) is 0 Å². The van der Waals surface area contributed by atoms with E-state index in [9.17, 15) is 9.59 Å². The second kappa shape index (κ2) is 9.37. The molecule has 0 radical (unpaired) electrons. The van der Waals surface area contributed by atoms with Crippen LogP contribution in [-0.2, 0) is 14.3 Å². The number of aryl methyl sites for hydroxylation is 2. The molecular formula is C22H26N2O4. The second-order valence-corrected chi connectivity index (χ2v) is 7.00. The first-order chi connectivity index (χ1) is 13.5. The number of morpholine rings is 1. The molecule has 28 heavy (non-hydrogen) atoms. The summed E-state index contributed by atoms with van der Waals surface area (Å²) in [4.78, 5) is 26.1. The van der Waals surface area contributed by atoms with E-state index in [2.05, 4.69) is 11.4 Å². The summed E-state index contributed by atoms with van der Waals surface area (Å²) in [7, 11) is 0. The van der Waals surface area contributed by atoms with E-state index in [1.54, 1.807) is 4.90 Å². The molecule has 148 valence electrons. The Balaban J connectivity index is 1.46. The molecule has 1 aliphatic rings. The average molecular weight is 382 g/mol. The standard InChI is InChI=1S/C22H26N2O4/c1-16-10-17(2)12-18(11-16)24-14-20(28-15-22(24)26)13-23-21(25)8-9-27-19-6-4-3-5-7-19/h3-7,10-12,20H,8-9,13-15H2,1-2H3,(H,23,25). The first-order valence-electron chi connectivity index (χ1n) is 9.46. The summed E-state index contributed by atoms with van der Waals surface area (Å²) in [5.74, 6) is 0.576. The number of amides is 2. The molecule has 2 amide bonds. The van der Waals surface area contributed by atoms with E-state index >= 15 is 0 Å². The Morgan fingerprint density at radius 1 is 1.18 bits per heavy atom. The topological polar surface area (TPSA) is 67.9 Å². The molecule has 1 saturated heterocycles. The fourth-order valence-electron chi connectivity index (χ4n) is 3.20. The summed E-state index contributed by atoms with van der Waals surface area (Å²) in [6.07, 6.45) is 0.0268. The van der Waals surface area contributed by atoms with Crippen LogP contribution < -0.4 is 15.0 Å². The van der Waals surface area contributed by atoms with Gasteiger partial charge in [-0.05, 0) is 49.2 Å². The number of nitrogens with zero attached hydrogens (tertiary/aromatic N) is 1. The van der Waals surface area contributed by atoms with Crippen LogP contribution in [0.3, 0.4) is 0 Å². The Hall–Kier alpha value is -2.86. The predicted octanol–water partition coefficient (Wildman–Crippen LogP) is 2.62. The van der Waals surface area contributed by atoms with E-state index in [0.717, 1.165) is 22.6 Å². The first kappa shape index (κ1) is 19.9. The summed E-state index contributed by atoms with van der Waals surface area (Å²) >= 11 is 0. The lowest BCUT2D eigenvalue weighted by atomic mass is 10.1. The third-order valence-corrected chi connectivity index (χ3v) is 4.52. The zero-order valence-corrected chi connectivity index (χ0v) is 16.3. The normalized spacial score (nSPS) is 16.7. The van der Waals surface area contributed by atoms with E-state index in [1.165, 1.54) is 0 Å². The van der Waals surface area contributed by atoms with Gasteiger partial charge in [0.1, 0.15) is 12.4 Å². The van der Waals surface area contributed by atoms with Gasteiger partial charge in [-0.3, -0.25) is 9.59 Å². The number of rotatable bonds is 7. The van der Waals surface area contributed by atoms with Crippen molar-refractivity contribution >= 4 is 17.5 Å². The van der Waals surface area contributed by atoms with Crippen molar-refractivity contribution in [3.63, 3.8) is 0 Å². The van der Waals surface area contributed by atoms with Crippen molar-refractivity contribution in [2.75, 3.05) is 31.2 Å². The van der Waals surface area contributed by atoms with Gasteiger partial charge in [0.25, 0.3) is 5.91 Å². The van der Waals surface area contributed by atoms with Gasteiger partial charge in [-0.2, -0.15) is 0 Å². The van der Waals surface area contributed by atoms with Gasteiger partial charge in [0, 0.05) is 12.2 Å². The highest BCUT2D eigenvalue weighted by Gasteiger charge is 2.27. The molecular weight excluding hydrogens is 356 g/mol. The van der Waals surface area contributed by atoms with Crippen molar-refractivity contribution in [2.24, 2.45) is 0 Å². The van der Waals surface area contributed by atoms with Crippen LogP contribution in [0.5, 0.6) is 5.75 Å². The van der Waals surface area contributed by atoms with E-state index in [4.69, 9.17) is 9.47 Å². The largest absolute Gasteiger partial charge is 0.493 e. The van der Waals surface area contributed by atoms with Gasteiger partial charge in [-0.25, -0.2) is 0 Å². The van der Waals surface area contributed by atoms with Gasteiger partial charge < -0.3 is 19.7 Å². The lowest BCUT2D eigenvalue weighted by Gasteiger charge is -2.33. The van der Waals surface area contributed by atoms with Gasteiger partial charge in [-0.1, -0.05) is 24.3 Å². The van der Waals surface area contributed by atoms with E-state index in [1.807, 2.05) is 56.3 Å². The highest BCUT2D eigenvalue weighted by molar-refractivity contribution is 5.95. The molecule has 1 fully saturated rings. The molecule has 2 aromatic carbocycles. The summed E-state index contributed by atoms with van der Waals surface area (Å²) in [5, 5.41) is 2.87. The van der Waals surface area contributed by atoms with Crippen molar-refractivity contribution < 1.29 is 19.1 Å². The van der Waals surface area contributed by atoms with Crippen LogP contribution in [0, 0.1) is 13.8 Å². The average Bonchev–Trinajstić information content (AvgIpc) is 2.67. The van der Waals surface area contributed by atoms with Crippen molar-refractivity contribution in [2.45, 2.75) is 26.4 Å². The molecule has 1 unspecified atom stereocenters. The molecule has 1 aliphatic heterocycles. The molecule has 1 heterocycles. The molecule has 6 heteroatoms. The fourth-order valence-corrected chi connectivity index (χ4v) is 3.20. The number of carbonyl (C=O) groups is 2. The van der Waals surface area contributed by atoms with Crippen molar-refractivity contribution in [3.05, 3.63) is 59.7 Å². The van der Waals surface area contributed by atoms with Crippen LogP contribution in [0.15, 0.2) is 48.5 Å². The number of para-hydroxylation sites is 1. The molecule has 0 aromatic heterocycles. The number of ether oxygens (including phenoxy) is 2. The van der Waals surface area contributed by atoms with E-state index in [0.29, 0.717) is 19.7 Å². The third kappa shape index (κ3) is 5.57. The molecule has 2 aromatic rings. The summed E-state index contributed by atoms with van der Waals surface area (Å²) < 4.78 is 11.1. The monoisotopic (exact) mass is 382 g/mol. The smallest absolute Gasteiger partial charge is 0.253 e. The highest BCUT2D eigenvalue weighted by atomic mass is 16.5. The lowest BCUT2D eigenvalue weighted by Crippen LogP contribution is -2.50. The number of hydrogen-bond acceptors (Lipinski definition) is 4. The molecule has 6 nitrogen and oxygen atoms in total. The fraction of sp³-hybridized carbons (Fsp3) is 0.364. The number of nitrogens with one attached hydrogen (secondary N) is 1. The minimum Gasteiger partial charge on any atom is -0.493 e. The molecule has 0 spiro atoms. The van der Waals surface area contributed by atoms with Crippen LogP contribution in [0.25, 0.3) is 0 Å². The Labute approximate surface area is 165 Å². The minimum absolute atomic E-state index is 0.0185. The number of carbonyl (C=O) groups excluding carboxylic acids is 2. The van der Waals surface area contributed by atoms with Crippen LogP contribution in [-0.4, -0.2) is 44.2 Å². The van der Waals surface area contributed by atoms with E-state index in [-0.39, 0.29) is 30.9 Å². The SMILES string of the molecule is Cc1cc(C)cc(N2CC(CNC(=O)CCOc3ccccc3)OCC2=O)c1. The predicted molar refractivity (Wildman–Crippen MR) is 108 cm³/mol. The zero-order valence-electron chi connectivity index (χ0n) is 16.3. The first-order valence-corrected chi connectivity index (χ1v) is 9.46. The maximum atomic E-state index is 12.3. The maximum Gasteiger partial charge on any atom is 0.253 e. The summed E-state index contributed by atoms with van der Waals surface area (Å²) in [5.41, 5.74) is 3.09. The Kier molecular flexibility index (Phi) is 6.66. The third-order valence-electron chi connectivity index (χ3n) is 4.52. The van der Waals surface area contributed by atoms with Gasteiger partial charge in [0.2, 0.25) is 5.91 Å². The molecule has 3 rings (SSSR count). The van der Waals surface area contributed by atoms with Gasteiger partial charge in [-0.15, -0.1) is 0 Å². The maximum absolute atomic E-state index is 12.3. The van der Waals surface area contributed by atoms with Crippen molar-refractivity contribution in [3.8, 4) is 5.75 Å². The quantitative estimate of drug-likeness (QED) is 0.799. The number of anilines is 1. The second-order valence-electron chi connectivity index (χ2n) is 7.00. The van der Waals surface area contributed by atoms with E-state index < -0.39 is 0 Å². The Morgan fingerprint density at radius 3 is 2.61 bits per heavy atom. The van der Waals surface area contributed by atoms with Gasteiger partial charge >= 0.3 is 0 Å². The number of benzene rings is 2. The summed E-state index contributed by atoms with van der Waals surface area (Å²) in [6.45, 7) is 5.13. The zero-order chi connectivity index (χ0) is 19.9. The van der Waals surface area contributed by atoms with Crippen molar-refractivity contribution in [1.82, 2.24) is 5.32 Å².